The number of benzene rings is 1. The highest BCUT2D eigenvalue weighted by Gasteiger charge is 2.33. The number of guanidine groups is 1. The Kier molecular flexibility index (Phi) is 7.17. The van der Waals surface area contributed by atoms with Gasteiger partial charge in [-0.15, -0.1) is 0 Å². The van der Waals surface area contributed by atoms with E-state index < -0.39 is 11.7 Å². The quantitative estimate of drug-likeness (QED) is 0.406. The molecule has 1 aliphatic heterocycles. The average molecular weight is 424 g/mol. The number of hydrogen-bond donors (Lipinski definition) is 2. The highest BCUT2D eigenvalue weighted by atomic mass is 19.4. The lowest BCUT2D eigenvalue weighted by molar-refractivity contribution is -0.138. The number of fused-ring (bicyclic) bond motifs is 1. The molecule has 3 rings (SSSR count). The van der Waals surface area contributed by atoms with Gasteiger partial charge in [-0.1, -0.05) is 19.1 Å². The number of ether oxygens (including phenoxy) is 1. The molecular weight excluding hydrogens is 397 g/mol. The Morgan fingerprint density at radius 1 is 1.30 bits per heavy atom. The van der Waals surface area contributed by atoms with Gasteiger partial charge in [-0.25, -0.2) is 14.7 Å². The summed E-state index contributed by atoms with van der Waals surface area (Å²) in [6, 6.07) is 5.34. The number of para-hydroxylation sites is 1. The zero-order chi connectivity index (χ0) is 21.6. The van der Waals surface area contributed by atoms with Gasteiger partial charge in [0.15, 0.2) is 11.8 Å². The largest absolute Gasteiger partial charge is 0.491 e. The second-order valence-electron chi connectivity index (χ2n) is 6.96. The van der Waals surface area contributed by atoms with Crippen molar-refractivity contribution >= 4 is 5.96 Å². The van der Waals surface area contributed by atoms with E-state index in [1.807, 2.05) is 18.5 Å². The fraction of sp³-hybridized carbons (Fsp3) is 0.550. The zero-order valence-electron chi connectivity index (χ0n) is 17.2. The lowest BCUT2D eigenvalue weighted by atomic mass is 10.1. The van der Waals surface area contributed by atoms with Gasteiger partial charge in [0, 0.05) is 25.4 Å². The standard InChI is InChI=1S/C20H27F3N6O/c1-3-17-27-18-10-9-14(13-29(18)28-17)26-19(24-4-2)25-11-12-30-16-8-6-5-7-15(16)20(21,22)23/h5-8,14H,3-4,9-13H2,1-2H3,(H2,24,25,26). The number of alkyl halides is 3. The van der Waals surface area contributed by atoms with E-state index in [1.54, 1.807) is 0 Å². The summed E-state index contributed by atoms with van der Waals surface area (Å²) in [5.74, 6) is 2.27. The van der Waals surface area contributed by atoms with E-state index in [2.05, 4.69) is 25.7 Å². The van der Waals surface area contributed by atoms with Gasteiger partial charge in [0.25, 0.3) is 0 Å². The van der Waals surface area contributed by atoms with Crippen LogP contribution in [0, 0.1) is 0 Å². The van der Waals surface area contributed by atoms with Crippen LogP contribution < -0.4 is 15.4 Å². The number of hydrogen-bond acceptors (Lipinski definition) is 4. The Hall–Kier alpha value is -2.78. The van der Waals surface area contributed by atoms with E-state index in [1.165, 1.54) is 18.2 Å². The molecule has 0 aliphatic carbocycles. The fourth-order valence-electron chi connectivity index (χ4n) is 3.28. The molecule has 0 amide bonds. The number of nitrogens with zero attached hydrogens (tertiary/aromatic N) is 4. The Bertz CT molecular complexity index is 864. The van der Waals surface area contributed by atoms with Crippen molar-refractivity contribution in [3.05, 3.63) is 41.5 Å². The number of nitrogens with one attached hydrogen (secondary N) is 2. The maximum absolute atomic E-state index is 13.0. The molecule has 2 N–H and O–H groups in total. The molecule has 0 saturated heterocycles. The SMILES string of the molecule is CCNC(=NCCOc1ccccc1C(F)(F)F)NC1CCc2nc(CC)nn2C1. The molecule has 0 spiro atoms. The topological polar surface area (TPSA) is 76.4 Å². The van der Waals surface area contributed by atoms with Crippen LogP contribution in [0.2, 0.25) is 0 Å². The summed E-state index contributed by atoms with van der Waals surface area (Å²) in [6.07, 6.45) is -1.90. The molecule has 30 heavy (non-hydrogen) atoms. The average Bonchev–Trinajstić information content (AvgIpc) is 3.13. The van der Waals surface area contributed by atoms with Crippen LogP contribution in [0.15, 0.2) is 29.3 Å². The van der Waals surface area contributed by atoms with Gasteiger partial charge in [-0.3, -0.25) is 0 Å². The van der Waals surface area contributed by atoms with Crippen LogP contribution in [-0.2, 0) is 25.6 Å². The van der Waals surface area contributed by atoms with Crippen molar-refractivity contribution in [2.24, 2.45) is 4.99 Å². The van der Waals surface area contributed by atoms with Gasteiger partial charge < -0.3 is 15.4 Å². The van der Waals surface area contributed by atoms with Gasteiger partial charge in [0.1, 0.15) is 18.2 Å². The van der Waals surface area contributed by atoms with E-state index >= 15 is 0 Å². The first-order valence-electron chi connectivity index (χ1n) is 10.2. The van der Waals surface area contributed by atoms with Crippen LogP contribution in [0.1, 0.15) is 37.5 Å². The molecule has 10 heteroatoms. The normalized spacial score (nSPS) is 16.8. The molecule has 1 atom stereocenters. The molecule has 0 radical (unpaired) electrons. The summed E-state index contributed by atoms with van der Waals surface area (Å²) >= 11 is 0. The van der Waals surface area contributed by atoms with E-state index in [-0.39, 0.29) is 24.9 Å². The third-order valence-electron chi connectivity index (χ3n) is 4.71. The molecule has 0 fully saturated rings. The third-order valence-corrected chi connectivity index (χ3v) is 4.71. The van der Waals surface area contributed by atoms with Crippen molar-refractivity contribution in [1.82, 2.24) is 25.4 Å². The van der Waals surface area contributed by atoms with Gasteiger partial charge in [0.05, 0.1) is 18.7 Å². The van der Waals surface area contributed by atoms with E-state index in [0.717, 1.165) is 37.0 Å². The number of aryl methyl sites for hydroxylation is 2. The number of halogens is 3. The highest BCUT2D eigenvalue weighted by molar-refractivity contribution is 5.80. The van der Waals surface area contributed by atoms with Crippen molar-refractivity contribution in [3.8, 4) is 5.75 Å². The van der Waals surface area contributed by atoms with Crippen LogP contribution in [0.4, 0.5) is 13.2 Å². The molecule has 0 bridgehead atoms. The molecule has 1 aromatic carbocycles. The zero-order valence-corrected chi connectivity index (χ0v) is 17.2. The van der Waals surface area contributed by atoms with Crippen molar-refractivity contribution < 1.29 is 17.9 Å². The smallest absolute Gasteiger partial charge is 0.419 e. The predicted molar refractivity (Wildman–Crippen MR) is 108 cm³/mol. The fourth-order valence-corrected chi connectivity index (χ4v) is 3.28. The Balaban J connectivity index is 1.55. The van der Waals surface area contributed by atoms with Crippen LogP contribution in [0.3, 0.4) is 0 Å². The predicted octanol–water partition coefficient (Wildman–Crippen LogP) is 2.81. The molecule has 164 valence electrons. The Labute approximate surface area is 173 Å². The van der Waals surface area contributed by atoms with Crippen LogP contribution >= 0.6 is 0 Å². The number of rotatable bonds is 7. The number of aliphatic imine (C=N–C) groups is 1. The summed E-state index contributed by atoms with van der Waals surface area (Å²) in [6.45, 7) is 5.62. The lowest BCUT2D eigenvalue weighted by Crippen LogP contribution is -2.47. The first-order valence-corrected chi connectivity index (χ1v) is 10.2. The van der Waals surface area contributed by atoms with Gasteiger partial charge >= 0.3 is 6.18 Å². The summed E-state index contributed by atoms with van der Waals surface area (Å²) < 4.78 is 46.4. The van der Waals surface area contributed by atoms with Crippen molar-refractivity contribution in [1.29, 1.82) is 0 Å². The maximum atomic E-state index is 13.0. The molecular formula is C20H27F3N6O. The van der Waals surface area contributed by atoms with Crippen molar-refractivity contribution in [3.63, 3.8) is 0 Å². The summed E-state index contributed by atoms with van der Waals surface area (Å²) in [7, 11) is 0. The van der Waals surface area contributed by atoms with E-state index in [4.69, 9.17) is 4.74 Å². The van der Waals surface area contributed by atoms with E-state index in [0.29, 0.717) is 19.0 Å². The summed E-state index contributed by atoms with van der Waals surface area (Å²) in [5.41, 5.74) is -0.781. The lowest BCUT2D eigenvalue weighted by Gasteiger charge is -2.25. The van der Waals surface area contributed by atoms with Crippen LogP contribution in [0.25, 0.3) is 0 Å². The first kappa shape index (κ1) is 21.9. The minimum Gasteiger partial charge on any atom is -0.491 e. The first-order chi connectivity index (χ1) is 14.4. The minimum atomic E-state index is -4.45. The molecule has 0 saturated carbocycles. The van der Waals surface area contributed by atoms with Crippen LogP contribution in [0.5, 0.6) is 5.75 Å². The van der Waals surface area contributed by atoms with Crippen molar-refractivity contribution in [2.75, 3.05) is 19.7 Å². The molecule has 2 aromatic rings. The minimum absolute atomic E-state index is 0.0431. The second kappa shape index (κ2) is 9.82. The maximum Gasteiger partial charge on any atom is 0.419 e. The van der Waals surface area contributed by atoms with Gasteiger partial charge in [-0.2, -0.15) is 18.3 Å². The third kappa shape index (κ3) is 5.64. The molecule has 1 aromatic heterocycles. The number of aromatic nitrogens is 3. The van der Waals surface area contributed by atoms with E-state index in [9.17, 15) is 13.2 Å². The Morgan fingerprint density at radius 3 is 2.83 bits per heavy atom. The molecule has 2 heterocycles. The summed E-state index contributed by atoms with van der Waals surface area (Å²) in [4.78, 5) is 8.95. The highest BCUT2D eigenvalue weighted by Crippen LogP contribution is 2.35. The second-order valence-corrected chi connectivity index (χ2v) is 6.96. The monoisotopic (exact) mass is 424 g/mol. The van der Waals surface area contributed by atoms with Gasteiger partial charge in [0.2, 0.25) is 0 Å². The van der Waals surface area contributed by atoms with Crippen molar-refractivity contribution in [2.45, 2.75) is 51.9 Å². The molecule has 7 nitrogen and oxygen atoms in total. The molecule has 1 unspecified atom stereocenters. The summed E-state index contributed by atoms with van der Waals surface area (Å²) in [5, 5.41) is 11.0. The van der Waals surface area contributed by atoms with Gasteiger partial charge in [-0.05, 0) is 25.5 Å². The molecule has 1 aliphatic rings. The Morgan fingerprint density at radius 2 is 2.10 bits per heavy atom. The van der Waals surface area contributed by atoms with Crippen LogP contribution in [-0.4, -0.2) is 46.5 Å².